The average Bonchev–Trinajstić information content (AvgIpc) is 4.12. The molecule has 14 nitrogen and oxygen atoms in total. The number of isocyanates is 1. The summed E-state index contributed by atoms with van der Waals surface area (Å²) in [6, 6.07) is 24.4. The molecule has 6 aromatic rings. The van der Waals surface area contributed by atoms with Crippen LogP contribution in [-0.4, -0.2) is 35.7 Å². The van der Waals surface area contributed by atoms with Crippen molar-refractivity contribution in [2.75, 3.05) is 27.0 Å². The molecule has 10 N–H and O–H groups in total. The third-order valence-corrected chi connectivity index (χ3v) is 11.9. The van der Waals surface area contributed by atoms with E-state index in [1.54, 1.807) is 54.6 Å². The minimum absolute atomic E-state index is 0.0143. The topological polar surface area (TPSA) is 241 Å². The van der Waals surface area contributed by atoms with Crippen molar-refractivity contribution in [3.05, 3.63) is 105 Å². The van der Waals surface area contributed by atoms with Crippen LogP contribution >= 0.6 is 54.5 Å². The van der Waals surface area contributed by atoms with Gasteiger partial charge in [-0.2, -0.15) is 4.99 Å². The highest BCUT2D eigenvalue weighted by Crippen LogP contribution is 2.40. The number of amides is 6. The molecule has 6 amide bonds. The van der Waals surface area contributed by atoms with Crippen molar-refractivity contribution in [1.82, 2.24) is 0 Å². The van der Waals surface area contributed by atoms with Crippen LogP contribution in [0, 0.1) is 11.8 Å². The van der Waals surface area contributed by atoms with Crippen molar-refractivity contribution < 1.29 is 28.8 Å². The second-order valence-corrected chi connectivity index (χ2v) is 17.0. The predicted molar refractivity (Wildman–Crippen MR) is 237 cm³/mol. The van der Waals surface area contributed by atoms with E-state index in [2.05, 4.69) is 58.1 Å². The summed E-state index contributed by atoms with van der Waals surface area (Å²) >= 11 is 9.24. The minimum atomic E-state index is -0.626. The van der Waals surface area contributed by atoms with Gasteiger partial charge in [0.25, 0.3) is 11.8 Å². The van der Waals surface area contributed by atoms with Crippen LogP contribution in [0.3, 0.4) is 0 Å². The number of hydrogen-bond acceptors (Lipinski definition) is 10. The fourth-order valence-electron chi connectivity index (χ4n) is 5.47. The maximum absolute atomic E-state index is 12.3. The van der Waals surface area contributed by atoms with E-state index in [1.807, 2.05) is 30.3 Å². The molecule has 0 unspecified atom stereocenters. The minimum Gasteiger partial charge on any atom is -0.399 e. The zero-order valence-electron chi connectivity index (χ0n) is 30.3. The SMILES string of the molecule is NC(=O)c1c(NC(=O)C2CC2)sc2ccc(N)cc12.NC(=O)c1c(NC(=O)C2CC2)sc2ccc(NC(=O)Nc3ccc(Br)cc3)cc12.O=C=Nc1ccc(Br)cc1. The Kier molecular flexibility index (Phi) is 13.4. The lowest BCUT2D eigenvalue weighted by atomic mass is 10.1. The van der Waals surface area contributed by atoms with Gasteiger partial charge in [-0.1, -0.05) is 31.9 Å². The number of benzene rings is 4. The van der Waals surface area contributed by atoms with Crippen LogP contribution in [0.4, 0.5) is 37.5 Å². The number of rotatable bonds is 9. The fourth-order valence-corrected chi connectivity index (χ4v) is 8.18. The monoisotopic (exact) mass is 944 g/mol. The van der Waals surface area contributed by atoms with E-state index >= 15 is 0 Å². The van der Waals surface area contributed by atoms with Crippen molar-refractivity contribution in [2.24, 2.45) is 28.3 Å². The molecule has 58 heavy (non-hydrogen) atoms. The molecule has 18 heteroatoms. The van der Waals surface area contributed by atoms with E-state index < -0.39 is 17.8 Å². The van der Waals surface area contributed by atoms with Gasteiger partial charge in [-0.15, -0.1) is 22.7 Å². The first-order chi connectivity index (χ1) is 27.8. The molecule has 0 spiro atoms. The lowest BCUT2D eigenvalue weighted by molar-refractivity contribution is -0.118. The number of carbonyl (C=O) groups is 5. The summed E-state index contributed by atoms with van der Waals surface area (Å²) in [7, 11) is 0. The molecule has 2 aromatic heterocycles. The van der Waals surface area contributed by atoms with Crippen LogP contribution in [0.5, 0.6) is 0 Å². The van der Waals surface area contributed by atoms with Crippen LogP contribution in [0.25, 0.3) is 20.2 Å². The summed E-state index contributed by atoms with van der Waals surface area (Å²) in [5.74, 6) is -1.22. The first-order valence-corrected chi connectivity index (χ1v) is 20.8. The van der Waals surface area contributed by atoms with Gasteiger partial charge in [0.2, 0.25) is 17.9 Å². The van der Waals surface area contributed by atoms with Crippen molar-refractivity contribution in [3.63, 3.8) is 0 Å². The Hall–Kier alpha value is -5.91. The molecule has 0 radical (unpaired) electrons. The molecular formula is C40H34Br2N8O6S2. The predicted octanol–water partition coefficient (Wildman–Crippen LogP) is 9.10. The number of anilines is 5. The summed E-state index contributed by atoms with van der Waals surface area (Å²) in [6.07, 6.45) is 5.02. The quantitative estimate of drug-likeness (QED) is 0.0421. The van der Waals surface area contributed by atoms with Gasteiger partial charge in [0.15, 0.2) is 0 Å². The molecule has 4 aromatic carbocycles. The molecule has 8 rings (SSSR count). The third-order valence-electron chi connectivity index (χ3n) is 8.62. The van der Waals surface area contributed by atoms with E-state index in [1.165, 1.54) is 28.8 Å². The first-order valence-electron chi connectivity index (χ1n) is 17.6. The van der Waals surface area contributed by atoms with Crippen molar-refractivity contribution >= 4 is 143 Å². The molecule has 0 saturated heterocycles. The standard InChI is InChI=1S/C20H17BrN4O3S.C13H13N3O2S.C7H4BrNO/c21-11-3-5-12(6-4-11)23-20(28)24-13-7-8-15-14(9-13)16(17(22)26)19(29-15)25-18(27)10-1-2-10;14-7-3-4-9-8(5-7)10(11(15)17)13(19-9)16-12(18)6-1-2-6;8-6-1-3-7(4-2-6)9-5-10/h3-10H,1-2H2,(H2,22,26)(H,25,27)(H2,23,24,28);3-6H,1-2,14H2,(H2,15,17)(H,16,18);1-4H. The fraction of sp³-hybridized carbons (Fsp3) is 0.150. The Labute approximate surface area is 355 Å². The normalized spacial score (nSPS) is 12.8. The van der Waals surface area contributed by atoms with Gasteiger partial charge < -0.3 is 38.5 Å². The number of thiophene rings is 2. The zero-order chi connectivity index (χ0) is 41.5. The van der Waals surface area contributed by atoms with Crippen molar-refractivity contribution in [1.29, 1.82) is 0 Å². The first kappa shape index (κ1) is 41.7. The average molecular weight is 947 g/mol. The highest BCUT2D eigenvalue weighted by atomic mass is 79.9. The van der Waals surface area contributed by atoms with Crippen LogP contribution < -0.4 is 38.5 Å². The van der Waals surface area contributed by atoms with E-state index in [9.17, 15) is 28.8 Å². The largest absolute Gasteiger partial charge is 0.399 e. The summed E-state index contributed by atoms with van der Waals surface area (Å²) in [6.45, 7) is 0. The van der Waals surface area contributed by atoms with Gasteiger partial charge in [-0.25, -0.2) is 9.59 Å². The van der Waals surface area contributed by atoms with E-state index in [0.717, 1.165) is 44.0 Å². The number of urea groups is 1. The molecular weight excluding hydrogens is 912 g/mol. The molecule has 2 aliphatic carbocycles. The molecule has 2 fully saturated rings. The van der Waals surface area contributed by atoms with Gasteiger partial charge >= 0.3 is 6.03 Å². The van der Waals surface area contributed by atoms with Crippen LogP contribution in [0.15, 0.2) is 98.9 Å². The number of aliphatic imine (C=N–C) groups is 1. The molecule has 2 heterocycles. The van der Waals surface area contributed by atoms with Crippen LogP contribution in [0.1, 0.15) is 46.4 Å². The number of nitrogens with two attached hydrogens (primary N) is 3. The third kappa shape index (κ3) is 10.9. The highest BCUT2D eigenvalue weighted by Gasteiger charge is 2.32. The molecule has 2 aliphatic rings. The molecule has 0 atom stereocenters. The Balaban J connectivity index is 0.000000167. The Morgan fingerprint density at radius 2 is 1.07 bits per heavy atom. The molecule has 296 valence electrons. The lowest BCUT2D eigenvalue weighted by Crippen LogP contribution is -2.19. The number of primary amides is 2. The zero-order valence-corrected chi connectivity index (χ0v) is 35.1. The number of hydrogen-bond donors (Lipinski definition) is 7. The molecule has 2 saturated carbocycles. The number of fused-ring (bicyclic) bond motifs is 2. The van der Waals surface area contributed by atoms with Crippen molar-refractivity contribution in [3.8, 4) is 0 Å². The summed E-state index contributed by atoms with van der Waals surface area (Å²) in [5.41, 5.74) is 19.7. The number of nitrogen functional groups attached to an aromatic ring is 1. The summed E-state index contributed by atoms with van der Waals surface area (Å²) in [4.78, 5) is 73.0. The van der Waals surface area contributed by atoms with Crippen LogP contribution in [-0.2, 0) is 14.4 Å². The van der Waals surface area contributed by atoms with Crippen molar-refractivity contribution in [2.45, 2.75) is 25.7 Å². The van der Waals surface area contributed by atoms with Gasteiger partial charge in [-0.3, -0.25) is 19.2 Å². The maximum Gasteiger partial charge on any atom is 0.323 e. The number of carbonyl (C=O) groups excluding carboxylic acids is 6. The van der Waals surface area contributed by atoms with Gasteiger partial charge in [0.1, 0.15) is 10.0 Å². The Morgan fingerprint density at radius 3 is 1.55 bits per heavy atom. The molecule has 0 aliphatic heterocycles. The van der Waals surface area contributed by atoms with Crippen LogP contribution in [0.2, 0.25) is 0 Å². The lowest BCUT2D eigenvalue weighted by Gasteiger charge is -2.08. The summed E-state index contributed by atoms with van der Waals surface area (Å²) < 4.78 is 3.56. The maximum atomic E-state index is 12.3. The second-order valence-electron chi connectivity index (χ2n) is 13.1. The second kappa shape index (κ2) is 18.6. The Bertz CT molecular complexity index is 2600. The number of nitrogens with zero attached hydrogens (tertiary/aromatic N) is 1. The van der Waals surface area contributed by atoms with E-state index in [0.29, 0.717) is 49.1 Å². The van der Waals surface area contributed by atoms with E-state index in [4.69, 9.17) is 17.2 Å². The summed E-state index contributed by atoms with van der Waals surface area (Å²) in [5, 5.41) is 13.4. The molecule has 0 bridgehead atoms. The van der Waals surface area contributed by atoms with Gasteiger partial charge in [-0.05, 0) is 111 Å². The Morgan fingerprint density at radius 1 is 0.621 bits per heavy atom. The smallest absolute Gasteiger partial charge is 0.323 e. The number of nitrogens with one attached hydrogen (secondary N) is 4. The van der Waals surface area contributed by atoms with Gasteiger partial charge in [0, 0.05) is 58.0 Å². The highest BCUT2D eigenvalue weighted by molar-refractivity contribution is 9.10. The van der Waals surface area contributed by atoms with E-state index in [-0.39, 0.29) is 29.2 Å². The number of halogens is 2. The van der Waals surface area contributed by atoms with Gasteiger partial charge in [0.05, 0.1) is 16.8 Å².